The van der Waals surface area contributed by atoms with Crippen molar-refractivity contribution in [2.75, 3.05) is 0 Å². The average Bonchev–Trinajstić information content (AvgIpc) is 3.15. The molecule has 0 saturated carbocycles. The fourth-order valence-corrected chi connectivity index (χ4v) is 4.71. The molecule has 0 saturated heterocycles. The molecule has 2 heterocycles. The number of rotatable bonds is 3. The van der Waals surface area contributed by atoms with Crippen molar-refractivity contribution in [3.8, 4) is 11.6 Å². The molecule has 2 aromatic heterocycles. The highest BCUT2D eigenvalue weighted by Crippen LogP contribution is 2.30. The highest BCUT2D eigenvalue weighted by Gasteiger charge is 2.16. The molecule has 31 heavy (non-hydrogen) atoms. The van der Waals surface area contributed by atoms with E-state index in [1.165, 1.54) is 17.6 Å². The van der Waals surface area contributed by atoms with Gasteiger partial charge in [-0.25, -0.2) is 19.3 Å². The van der Waals surface area contributed by atoms with E-state index in [9.17, 15) is 14.7 Å². The van der Waals surface area contributed by atoms with Crippen molar-refractivity contribution in [2.45, 2.75) is 0 Å². The van der Waals surface area contributed by atoms with Gasteiger partial charge in [-0.3, -0.25) is 9.78 Å². The number of aliphatic imine (C=N–C) groups is 1. The van der Waals surface area contributed by atoms with E-state index in [1.807, 2.05) is 48.5 Å². The number of hydrogen-bond acceptors (Lipinski definition) is 6. The first-order valence-electron chi connectivity index (χ1n) is 9.18. The lowest BCUT2D eigenvalue weighted by molar-refractivity contribution is 0.430. The standard InChI is InChI=1S/C22H13BrN4O3S/c23-13-8-9-16-18(10-13)31-21(25-16)24-11-15-19(28)26-22(30)27(20(15)29)17-7-3-5-12-4-1-2-6-14(12)17/h1-11,29H,(H,26,28,30). The van der Waals surface area contributed by atoms with Gasteiger partial charge in [-0.05, 0) is 29.7 Å². The number of benzene rings is 3. The maximum absolute atomic E-state index is 12.6. The first kappa shape index (κ1) is 19.4. The van der Waals surface area contributed by atoms with Crippen LogP contribution in [0.1, 0.15) is 5.56 Å². The SMILES string of the molecule is O=c1[nH]c(=O)n(-c2cccc3ccccc23)c(O)c1C=Nc1nc2ccc(Br)cc2s1. The third-order valence-corrected chi connectivity index (χ3v) is 6.19. The quantitative estimate of drug-likeness (QED) is 0.362. The van der Waals surface area contributed by atoms with Crippen LogP contribution in [-0.2, 0) is 0 Å². The molecule has 0 unspecified atom stereocenters. The largest absolute Gasteiger partial charge is 0.493 e. The molecule has 9 heteroatoms. The number of aromatic amines is 1. The summed E-state index contributed by atoms with van der Waals surface area (Å²) in [6.07, 6.45) is 1.22. The fraction of sp³-hybridized carbons (Fsp3) is 0. The molecule has 0 aliphatic heterocycles. The predicted molar refractivity (Wildman–Crippen MR) is 126 cm³/mol. The van der Waals surface area contributed by atoms with Crippen LogP contribution in [0.15, 0.2) is 79.7 Å². The van der Waals surface area contributed by atoms with Crippen LogP contribution in [0, 0.1) is 0 Å². The lowest BCUT2D eigenvalue weighted by Gasteiger charge is -2.12. The second-order valence-electron chi connectivity index (χ2n) is 6.70. The van der Waals surface area contributed by atoms with Crippen molar-refractivity contribution < 1.29 is 5.11 Å². The molecular formula is C22H13BrN4O3S. The van der Waals surface area contributed by atoms with Crippen molar-refractivity contribution in [1.82, 2.24) is 14.5 Å². The lowest BCUT2D eigenvalue weighted by Crippen LogP contribution is -2.31. The van der Waals surface area contributed by atoms with E-state index in [-0.39, 0.29) is 5.56 Å². The molecule has 2 N–H and O–H groups in total. The molecule has 5 rings (SSSR count). The highest BCUT2D eigenvalue weighted by molar-refractivity contribution is 9.10. The van der Waals surface area contributed by atoms with Gasteiger partial charge >= 0.3 is 5.69 Å². The zero-order valence-electron chi connectivity index (χ0n) is 15.7. The van der Waals surface area contributed by atoms with Crippen LogP contribution >= 0.6 is 27.3 Å². The summed E-state index contributed by atoms with van der Waals surface area (Å²) in [6, 6.07) is 18.5. The first-order chi connectivity index (χ1) is 15.0. The molecule has 152 valence electrons. The molecule has 5 aromatic rings. The highest BCUT2D eigenvalue weighted by atomic mass is 79.9. The summed E-state index contributed by atoms with van der Waals surface area (Å²) >= 11 is 4.77. The van der Waals surface area contributed by atoms with Gasteiger partial charge in [-0.15, -0.1) is 0 Å². The fourth-order valence-electron chi connectivity index (χ4n) is 3.34. The summed E-state index contributed by atoms with van der Waals surface area (Å²) in [5.74, 6) is -0.488. The Kier molecular flexibility index (Phi) is 4.76. The van der Waals surface area contributed by atoms with Gasteiger partial charge in [0.2, 0.25) is 11.0 Å². The summed E-state index contributed by atoms with van der Waals surface area (Å²) < 4.78 is 2.93. The number of halogens is 1. The topological polar surface area (TPSA) is 100 Å². The Labute approximate surface area is 187 Å². The smallest absolute Gasteiger partial charge is 0.335 e. The van der Waals surface area contributed by atoms with E-state index in [1.54, 1.807) is 12.1 Å². The monoisotopic (exact) mass is 492 g/mol. The Morgan fingerprint density at radius 2 is 1.90 bits per heavy atom. The van der Waals surface area contributed by atoms with Crippen molar-refractivity contribution >= 4 is 59.6 Å². The van der Waals surface area contributed by atoms with Crippen LogP contribution in [0.4, 0.5) is 5.13 Å². The number of hydrogen-bond donors (Lipinski definition) is 2. The summed E-state index contributed by atoms with van der Waals surface area (Å²) in [4.78, 5) is 35.9. The van der Waals surface area contributed by atoms with Crippen LogP contribution in [0.2, 0.25) is 0 Å². The van der Waals surface area contributed by atoms with Crippen LogP contribution in [0.25, 0.3) is 26.7 Å². The normalized spacial score (nSPS) is 11.6. The van der Waals surface area contributed by atoms with E-state index in [0.717, 1.165) is 30.0 Å². The summed E-state index contributed by atoms with van der Waals surface area (Å²) in [5, 5.41) is 12.9. The summed E-state index contributed by atoms with van der Waals surface area (Å²) in [7, 11) is 0. The Morgan fingerprint density at radius 3 is 2.77 bits per heavy atom. The number of aromatic nitrogens is 3. The van der Waals surface area contributed by atoms with Gasteiger partial charge in [0, 0.05) is 16.1 Å². The van der Waals surface area contributed by atoms with Gasteiger partial charge in [0.25, 0.3) is 5.56 Å². The number of nitrogens with one attached hydrogen (secondary N) is 1. The maximum atomic E-state index is 12.6. The zero-order valence-corrected chi connectivity index (χ0v) is 18.1. The van der Waals surface area contributed by atoms with E-state index < -0.39 is 17.1 Å². The molecule has 7 nitrogen and oxygen atoms in total. The molecule has 0 aliphatic carbocycles. The first-order valence-corrected chi connectivity index (χ1v) is 10.8. The molecular weight excluding hydrogens is 480 g/mol. The molecule has 0 spiro atoms. The second kappa shape index (κ2) is 7.60. The van der Waals surface area contributed by atoms with Crippen LogP contribution in [0.5, 0.6) is 5.88 Å². The Morgan fingerprint density at radius 1 is 1.10 bits per heavy atom. The molecule has 0 aliphatic rings. The summed E-state index contributed by atoms with van der Waals surface area (Å²) in [5.41, 5.74) is -0.365. The van der Waals surface area contributed by atoms with Crippen LogP contribution in [-0.4, -0.2) is 25.9 Å². The van der Waals surface area contributed by atoms with E-state index in [2.05, 4.69) is 30.9 Å². The van der Waals surface area contributed by atoms with E-state index >= 15 is 0 Å². The van der Waals surface area contributed by atoms with E-state index in [0.29, 0.717) is 10.8 Å². The number of thiazole rings is 1. The third kappa shape index (κ3) is 3.47. The lowest BCUT2D eigenvalue weighted by atomic mass is 10.1. The Hall–Kier alpha value is -3.56. The van der Waals surface area contributed by atoms with Crippen molar-refractivity contribution in [2.24, 2.45) is 4.99 Å². The van der Waals surface area contributed by atoms with Gasteiger partial charge in [-0.1, -0.05) is 63.7 Å². The maximum Gasteiger partial charge on any atom is 0.335 e. The number of nitrogens with zero attached hydrogens (tertiary/aromatic N) is 3. The predicted octanol–water partition coefficient (Wildman–Crippen LogP) is 4.51. The molecule has 0 atom stereocenters. The van der Waals surface area contributed by atoms with Gasteiger partial charge < -0.3 is 5.11 Å². The molecule has 0 bridgehead atoms. The number of fused-ring (bicyclic) bond motifs is 2. The van der Waals surface area contributed by atoms with Gasteiger partial charge in [0.15, 0.2) is 0 Å². The molecule has 0 amide bonds. The minimum Gasteiger partial charge on any atom is -0.493 e. The number of aromatic hydroxyl groups is 1. The zero-order chi connectivity index (χ0) is 21.5. The van der Waals surface area contributed by atoms with Gasteiger partial charge in [0.05, 0.1) is 15.9 Å². The molecule has 0 fully saturated rings. The second-order valence-corrected chi connectivity index (χ2v) is 8.62. The summed E-state index contributed by atoms with van der Waals surface area (Å²) in [6.45, 7) is 0. The average molecular weight is 493 g/mol. The number of H-pyrrole nitrogens is 1. The van der Waals surface area contributed by atoms with Crippen molar-refractivity contribution in [3.63, 3.8) is 0 Å². The van der Waals surface area contributed by atoms with Crippen LogP contribution < -0.4 is 11.2 Å². The van der Waals surface area contributed by atoms with Gasteiger partial charge in [0.1, 0.15) is 5.56 Å². The third-order valence-electron chi connectivity index (χ3n) is 4.77. The Balaban J connectivity index is 1.65. The van der Waals surface area contributed by atoms with Gasteiger partial charge in [-0.2, -0.15) is 0 Å². The Bertz CT molecular complexity index is 1610. The minimum atomic E-state index is -0.735. The molecule has 3 aromatic carbocycles. The molecule has 0 radical (unpaired) electrons. The van der Waals surface area contributed by atoms with Crippen molar-refractivity contribution in [3.05, 3.63) is 91.5 Å². The minimum absolute atomic E-state index is 0.132. The van der Waals surface area contributed by atoms with Crippen molar-refractivity contribution in [1.29, 1.82) is 0 Å². The van der Waals surface area contributed by atoms with E-state index in [4.69, 9.17) is 0 Å². The van der Waals surface area contributed by atoms with Crippen LogP contribution in [0.3, 0.4) is 0 Å².